The van der Waals surface area contributed by atoms with Crippen LogP contribution in [0.15, 0.2) is 0 Å². The predicted octanol–water partition coefficient (Wildman–Crippen LogP) is 2.45. The Kier molecular flexibility index (Phi) is 4.59. The van der Waals surface area contributed by atoms with Crippen molar-refractivity contribution in [2.45, 2.75) is 65.3 Å². The Balaban J connectivity index is 2.74. The monoisotopic (exact) mass is 240 g/mol. The van der Waals surface area contributed by atoms with Crippen LogP contribution in [0.3, 0.4) is 0 Å². The van der Waals surface area contributed by atoms with E-state index in [1.54, 1.807) is 0 Å². The lowest BCUT2D eigenvalue weighted by Gasteiger charge is -2.34. The molecule has 0 aliphatic heterocycles. The molecule has 1 fully saturated rings. The number of nitrogens with two attached hydrogens (primary N) is 1. The molecule has 0 saturated heterocycles. The van der Waals surface area contributed by atoms with Gasteiger partial charge in [0.15, 0.2) is 0 Å². The highest BCUT2D eigenvalue weighted by Gasteiger charge is 2.42. The summed E-state index contributed by atoms with van der Waals surface area (Å²) in [5, 5.41) is 3.13. The molecular formula is C14H28N2O. The number of nitrogens with one attached hydrogen (secondary N) is 1. The first-order valence-electron chi connectivity index (χ1n) is 6.84. The number of hydrogen-bond acceptors (Lipinski definition) is 2. The first-order valence-corrected chi connectivity index (χ1v) is 6.84. The van der Waals surface area contributed by atoms with Crippen LogP contribution in [0, 0.1) is 11.3 Å². The molecule has 1 aliphatic carbocycles. The van der Waals surface area contributed by atoms with E-state index < -0.39 is 0 Å². The maximum absolute atomic E-state index is 12.5. The molecule has 100 valence electrons. The second-order valence-electron chi connectivity index (χ2n) is 6.63. The Morgan fingerprint density at radius 1 is 1.35 bits per heavy atom. The summed E-state index contributed by atoms with van der Waals surface area (Å²) < 4.78 is 0. The Hall–Kier alpha value is -0.570. The fourth-order valence-electron chi connectivity index (χ4n) is 2.85. The summed E-state index contributed by atoms with van der Waals surface area (Å²) in [5.41, 5.74) is 5.27. The molecule has 0 aromatic heterocycles. The maximum Gasteiger partial charge on any atom is 0.226 e. The van der Waals surface area contributed by atoms with Crippen molar-refractivity contribution in [3.05, 3.63) is 0 Å². The van der Waals surface area contributed by atoms with E-state index in [0.29, 0.717) is 12.5 Å². The van der Waals surface area contributed by atoms with Gasteiger partial charge in [-0.15, -0.1) is 0 Å². The average Bonchev–Trinajstić information content (AvgIpc) is 2.66. The Labute approximate surface area is 106 Å². The van der Waals surface area contributed by atoms with Gasteiger partial charge in [-0.3, -0.25) is 4.79 Å². The summed E-state index contributed by atoms with van der Waals surface area (Å²) in [5.74, 6) is 0.791. The van der Waals surface area contributed by atoms with Gasteiger partial charge in [-0.25, -0.2) is 0 Å². The molecule has 0 unspecified atom stereocenters. The molecule has 1 aliphatic rings. The van der Waals surface area contributed by atoms with Gasteiger partial charge in [0.1, 0.15) is 0 Å². The van der Waals surface area contributed by atoms with Crippen LogP contribution in [0.5, 0.6) is 0 Å². The Morgan fingerprint density at radius 3 is 2.29 bits per heavy atom. The highest BCUT2D eigenvalue weighted by atomic mass is 16.2. The standard InChI is InChI=1S/C14H28N2O/c1-11(2)9-14(7-5-6-8-14)12(17)16-13(3,4)10-15/h11H,5-10,15H2,1-4H3,(H,16,17). The quantitative estimate of drug-likeness (QED) is 0.775. The van der Waals surface area contributed by atoms with E-state index in [4.69, 9.17) is 5.73 Å². The average molecular weight is 240 g/mol. The zero-order chi connectivity index (χ0) is 13.1. The van der Waals surface area contributed by atoms with Crippen LogP contribution in [0.4, 0.5) is 0 Å². The molecule has 0 spiro atoms. The molecule has 0 aromatic rings. The van der Waals surface area contributed by atoms with Crippen molar-refractivity contribution < 1.29 is 4.79 Å². The lowest BCUT2D eigenvalue weighted by atomic mass is 9.77. The molecule has 3 nitrogen and oxygen atoms in total. The van der Waals surface area contributed by atoms with Crippen molar-refractivity contribution in [1.29, 1.82) is 0 Å². The first kappa shape index (κ1) is 14.5. The topological polar surface area (TPSA) is 55.1 Å². The fourth-order valence-corrected chi connectivity index (χ4v) is 2.85. The first-order chi connectivity index (χ1) is 7.81. The van der Waals surface area contributed by atoms with Crippen LogP contribution >= 0.6 is 0 Å². The van der Waals surface area contributed by atoms with Crippen LogP contribution in [0.25, 0.3) is 0 Å². The summed E-state index contributed by atoms with van der Waals surface area (Å²) in [7, 11) is 0. The molecule has 0 radical (unpaired) electrons. The second kappa shape index (κ2) is 5.38. The van der Waals surface area contributed by atoms with Gasteiger partial charge in [-0.1, -0.05) is 26.7 Å². The lowest BCUT2D eigenvalue weighted by Crippen LogP contribution is -2.53. The van der Waals surface area contributed by atoms with E-state index in [0.717, 1.165) is 19.3 Å². The summed E-state index contributed by atoms with van der Waals surface area (Å²) >= 11 is 0. The molecule has 0 atom stereocenters. The maximum atomic E-state index is 12.5. The van der Waals surface area contributed by atoms with Crippen LogP contribution in [-0.2, 0) is 4.79 Å². The summed E-state index contributed by atoms with van der Waals surface area (Å²) in [6.07, 6.45) is 5.45. The highest BCUT2D eigenvalue weighted by Crippen LogP contribution is 2.43. The van der Waals surface area contributed by atoms with Gasteiger partial charge in [0.05, 0.1) is 0 Å². The minimum atomic E-state index is -0.288. The summed E-state index contributed by atoms with van der Waals surface area (Å²) in [4.78, 5) is 12.5. The molecule has 3 heteroatoms. The largest absolute Gasteiger partial charge is 0.349 e. The Morgan fingerprint density at radius 2 is 1.88 bits per heavy atom. The third-order valence-corrected chi connectivity index (χ3v) is 3.80. The molecule has 0 aromatic carbocycles. The van der Waals surface area contributed by atoms with Crippen molar-refractivity contribution in [2.75, 3.05) is 6.54 Å². The SMILES string of the molecule is CC(C)CC1(C(=O)NC(C)(C)CN)CCCC1. The van der Waals surface area contributed by atoms with Crippen LogP contribution in [-0.4, -0.2) is 18.0 Å². The van der Waals surface area contributed by atoms with E-state index in [1.165, 1.54) is 12.8 Å². The van der Waals surface area contributed by atoms with Crippen LogP contribution in [0.1, 0.15) is 59.8 Å². The number of carbonyl (C=O) groups is 1. The van der Waals surface area contributed by atoms with E-state index in [-0.39, 0.29) is 16.9 Å². The number of hydrogen-bond donors (Lipinski definition) is 2. The lowest BCUT2D eigenvalue weighted by molar-refractivity contribution is -0.133. The van der Waals surface area contributed by atoms with Crippen LogP contribution in [0.2, 0.25) is 0 Å². The zero-order valence-electron chi connectivity index (χ0n) is 11.8. The second-order valence-corrected chi connectivity index (χ2v) is 6.63. The molecule has 17 heavy (non-hydrogen) atoms. The van der Waals surface area contributed by atoms with Crippen molar-refractivity contribution in [3.63, 3.8) is 0 Å². The van der Waals surface area contributed by atoms with Crippen molar-refractivity contribution in [1.82, 2.24) is 5.32 Å². The zero-order valence-corrected chi connectivity index (χ0v) is 11.8. The Bertz CT molecular complexity index is 265. The van der Waals surface area contributed by atoms with Crippen LogP contribution < -0.4 is 11.1 Å². The number of rotatable bonds is 5. The molecule has 1 rings (SSSR count). The van der Waals surface area contributed by atoms with Gasteiger partial charge in [-0.2, -0.15) is 0 Å². The molecule has 0 heterocycles. The summed E-state index contributed by atoms with van der Waals surface area (Å²) in [6.45, 7) is 8.85. The van der Waals surface area contributed by atoms with Gasteiger partial charge in [-0.05, 0) is 39.0 Å². The fraction of sp³-hybridized carbons (Fsp3) is 0.929. The number of amides is 1. The van der Waals surface area contributed by atoms with Gasteiger partial charge in [0, 0.05) is 17.5 Å². The van der Waals surface area contributed by atoms with Gasteiger partial charge in [0.2, 0.25) is 5.91 Å². The number of carbonyl (C=O) groups excluding carboxylic acids is 1. The van der Waals surface area contributed by atoms with Gasteiger partial charge < -0.3 is 11.1 Å². The predicted molar refractivity (Wildman–Crippen MR) is 71.6 cm³/mol. The van der Waals surface area contributed by atoms with E-state index in [2.05, 4.69) is 19.2 Å². The highest BCUT2D eigenvalue weighted by molar-refractivity contribution is 5.83. The normalized spacial score (nSPS) is 19.6. The smallest absolute Gasteiger partial charge is 0.226 e. The minimum Gasteiger partial charge on any atom is -0.349 e. The molecule has 0 bridgehead atoms. The third kappa shape index (κ3) is 3.70. The van der Waals surface area contributed by atoms with Gasteiger partial charge in [0.25, 0.3) is 0 Å². The van der Waals surface area contributed by atoms with E-state index in [1.807, 2.05) is 13.8 Å². The third-order valence-electron chi connectivity index (χ3n) is 3.80. The summed E-state index contributed by atoms with van der Waals surface area (Å²) in [6, 6.07) is 0. The van der Waals surface area contributed by atoms with Crippen molar-refractivity contribution in [2.24, 2.45) is 17.1 Å². The van der Waals surface area contributed by atoms with Crippen molar-refractivity contribution in [3.8, 4) is 0 Å². The van der Waals surface area contributed by atoms with E-state index in [9.17, 15) is 4.79 Å². The van der Waals surface area contributed by atoms with Gasteiger partial charge >= 0.3 is 0 Å². The molecular weight excluding hydrogens is 212 g/mol. The molecule has 3 N–H and O–H groups in total. The minimum absolute atomic E-state index is 0.124. The molecule has 1 saturated carbocycles. The van der Waals surface area contributed by atoms with Crippen molar-refractivity contribution >= 4 is 5.91 Å². The molecule has 1 amide bonds. The van der Waals surface area contributed by atoms with E-state index >= 15 is 0 Å².